The number of nitrogens with zero attached hydrogens (tertiary/aromatic N) is 2. The zero-order valence-corrected chi connectivity index (χ0v) is 9.91. The van der Waals surface area contributed by atoms with E-state index in [0.717, 1.165) is 0 Å². The normalized spacial score (nSPS) is 20.0. The monoisotopic (exact) mass is 254 g/mol. The zero-order chi connectivity index (χ0) is 12.4. The summed E-state index contributed by atoms with van der Waals surface area (Å²) in [6.45, 7) is 1.71. The van der Waals surface area contributed by atoms with Gasteiger partial charge in [-0.1, -0.05) is 11.6 Å². The highest BCUT2D eigenvalue weighted by Crippen LogP contribution is 2.15. The van der Waals surface area contributed by atoms with Crippen molar-refractivity contribution >= 4 is 29.2 Å². The van der Waals surface area contributed by atoms with Crippen LogP contribution in [0, 0.1) is 6.92 Å². The maximum absolute atomic E-state index is 11.5. The fourth-order valence-electron chi connectivity index (χ4n) is 1.61. The molecule has 0 saturated carbocycles. The molecule has 7 heteroatoms. The summed E-state index contributed by atoms with van der Waals surface area (Å²) >= 11 is 5.78. The van der Waals surface area contributed by atoms with Gasteiger partial charge in [-0.2, -0.15) is 0 Å². The maximum Gasteiger partial charge on any atom is 0.249 e. The first-order valence-corrected chi connectivity index (χ1v) is 5.54. The Kier molecular flexibility index (Phi) is 3.23. The van der Waals surface area contributed by atoms with E-state index in [9.17, 15) is 9.59 Å². The van der Waals surface area contributed by atoms with Crippen molar-refractivity contribution in [2.45, 2.75) is 25.8 Å². The maximum atomic E-state index is 11.5. The Balaban J connectivity index is 2.10. The van der Waals surface area contributed by atoms with Crippen molar-refractivity contribution < 1.29 is 9.59 Å². The molecule has 1 fully saturated rings. The van der Waals surface area contributed by atoms with E-state index >= 15 is 0 Å². The van der Waals surface area contributed by atoms with E-state index in [1.165, 1.54) is 6.07 Å². The van der Waals surface area contributed by atoms with Crippen LogP contribution in [0.25, 0.3) is 0 Å². The molecule has 1 aromatic rings. The SMILES string of the molecule is Cc1nc(Cl)cc(NC2CCC(=O)NC2=O)n1. The van der Waals surface area contributed by atoms with Crippen LogP contribution >= 0.6 is 11.6 Å². The van der Waals surface area contributed by atoms with Crippen molar-refractivity contribution in [3.63, 3.8) is 0 Å². The lowest BCUT2D eigenvalue weighted by Gasteiger charge is -2.22. The van der Waals surface area contributed by atoms with Gasteiger partial charge in [-0.05, 0) is 13.3 Å². The van der Waals surface area contributed by atoms with Crippen LogP contribution in [-0.2, 0) is 9.59 Å². The third-order valence-corrected chi connectivity index (χ3v) is 2.56. The number of carbonyl (C=O) groups is 2. The van der Waals surface area contributed by atoms with Crippen molar-refractivity contribution in [2.24, 2.45) is 0 Å². The fraction of sp³-hybridized carbons (Fsp3) is 0.400. The molecule has 1 atom stereocenters. The van der Waals surface area contributed by atoms with Gasteiger partial charge >= 0.3 is 0 Å². The number of amides is 2. The highest BCUT2D eigenvalue weighted by Gasteiger charge is 2.26. The number of halogens is 1. The van der Waals surface area contributed by atoms with Crippen LogP contribution in [0.3, 0.4) is 0 Å². The smallest absolute Gasteiger partial charge is 0.249 e. The minimum Gasteiger partial charge on any atom is -0.358 e. The molecule has 1 aliphatic rings. The Labute approximate surface area is 103 Å². The Morgan fingerprint density at radius 2 is 2.24 bits per heavy atom. The van der Waals surface area contributed by atoms with Gasteiger partial charge < -0.3 is 5.32 Å². The molecular formula is C10H11ClN4O2. The number of anilines is 1. The van der Waals surface area contributed by atoms with Gasteiger partial charge in [-0.3, -0.25) is 14.9 Å². The second kappa shape index (κ2) is 4.67. The number of aromatic nitrogens is 2. The van der Waals surface area contributed by atoms with Crippen LogP contribution in [0.5, 0.6) is 0 Å². The van der Waals surface area contributed by atoms with Gasteiger partial charge in [0.25, 0.3) is 0 Å². The van der Waals surface area contributed by atoms with Crippen molar-refractivity contribution in [3.8, 4) is 0 Å². The van der Waals surface area contributed by atoms with E-state index in [-0.39, 0.29) is 11.8 Å². The predicted octanol–water partition coefficient (Wildman–Crippen LogP) is 0.656. The third-order valence-electron chi connectivity index (χ3n) is 2.37. The van der Waals surface area contributed by atoms with Gasteiger partial charge in [0.15, 0.2) is 0 Å². The average Bonchev–Trinajstić information content (AvgIpc) is 2.21. The summed E-state index contributed by atoms with van der Waals surface area (Å²) in [5, 5.41) is 5.51. The summed E-state index contributed by atoms with van der Waals surface area (Å²) in [5.74, 6) is 0.419. The standard InChI is InChI=1S/C10H11ClN4O2/c1-5-12-7(11)4-8(13-5)14-6-2-3-9(16)15-10(6)17/h4,6H,2-3H2,1H3,(H,12,13,14)(H,15,16,17). The van der Waals surface area contributed by atoms with E-state index in [0.29, 0.717) is 29.6 Å². The second-order valence-corrected chi connectivity index (χ2v) is 4.16. The summed E-state index contributed by atoms with van der Waals surface area (Å²) in [6.07, 6.45) is 0.770. The molecule has 1 unspecified atom stereocenters. The first-order chi connectivity index (χ1) is 8.04. The molecule has 2 amide bonds. The molecule has 90 valence electrons. The van der Waals surface area contributed by atoms with Crippen LogP contribution in [0.2, 0.25) is 5.15 Å². The second-order valence-electron chi connectivity index (χ2n) is 3.77. The summed E-state index contributed by atoms with van der Waals surface area (Å²) in [5.41, 5.74) is 0. The molecule has 1 saturated heterocycles. The Morgan fingerprint density at radius 3 is 2.88 bits per heavy atom. The molecule has 2 N–H and O–H groups in total. The third kappa shape index (κ3) is 2.91. The molecular weight excluding hydrogens is 244 g/mol. The largest absolute Gasteiger partial charge is 0.358 e. The molecule has 0 radical (unpaired) electrons. The van der Waals surface area contributed by atoms with E-state index in [2.05, 4.69) is 20.6 Å². The zero-order valence-electron chi connectivity index (χ0n) is 9.16. The summed E-state index contributed by atoms with van der Waals surface area (Å²) in [4.78, 5) is 30.5. The quantitative estimate of drug-likeness (QED) is 0.598. The molecule has 6 nitrogen and oxygen atoms in total. The number of hydrogen-bond donors (Lipinski definition) is 2. The van der Waals surface area contributed by atoms with Crippen LogP contribution in [0.1, 0.15) is 18.7 Å². The molecule has 1 aromatic heterocycles. The minimum absolute atomic E-state index is 0.245. The summed E-state index contributed by atoms with van der Waals surface area (Å²) in [6, 6.07) is 1.08. The van der Waals surface area contributed by atoms with Gasteiger partial charge in [0, 0.05) is 12.5 Å². The Bertz CT molecular complexity index is 457. The Morgan fingerprint density at radius 1 is 1.47 bits per heavy atom. The number of piperidine rings is 1. The van der Waals surface area contributed by atoms with Crippen molar-refractivity contribution in [2.75, 3.05) is 5.32 Å². The van der Waals surface area contributed by atoms with E-state index < -0.39 is 6.04 Å². The Hall–Kier alpha value is -1.69. The van der Waals surface area contributed by atoms with Crippen LogP contribution in [0.4, 0.5) is 5.82 Å². The molecule has 2 heterocycles. The molecule has 0 bridgehead atoms. The number of imide groups is 1. The highest BCUT2D eigenvalue weighted by molar-refractivity contribution is 6.29. The van der Waals surface area contributed by atoms with Gasteiger partial charge in [0.2, 0.25) is 11.8 Å². The van der Waals surface area contributed by atoms with Crippen LogP contribution in [0.15, 0.2) is 6.07 Å². The van der Waals surface area contributed by atoms with Gasteiger partial charge in [0.1, 0.15) is 22.8 Å². The number of hydrogen-bond acceptors (Lipinski definition) is 5. The molecule has 0 aliphatic carbocycles. The lowest BCUT2D eigenvalue weighted by molar-refractivity contribution is -0.133. The highest BCUT2D eigenvalue weighted by atomic mass is 35.5. The predicted molar refractivity (Wildman–Crippen MR) is 61.6 cm³/mol. The van der Waals surface area contributed by atoms with Crippen molar-refractivity contribution in [1.82, 2.24) is 15.3 Å². The molecule has 0 spiro atoms. The van der Waals surface area contributed by atoms with Gasteiger partial charge in [0.05, 0.1) is 0 Å². The van der Waals surface area contributed by atoms with Crippen molar-refractivity contribution in [1.29, 1.82) is 0 Å². The lowest BCUT2D eigenvalue weighted by Crippen LogP contribution is -2.47. The summed E-state index contributed by atoms with van der Waals surface area (Å²) < 4.78 is 0. The number of carbonyl (C=O) groups excluding carboxylic acids is 2. The van der Waals surface area contributed by atoms with Gasteiger partial charge in [-0.15, -0.1) is 0 Å². The number of aryl methyl sites for hydroxylation is 1. The first kappa shape index (κ1) is 11.8. The van der Waals surface area contributed by atoms with E-state index in [1.807, 2.05) is 0 Å². The number of rotatable bonds is 2. The number of nitrogens with one attached hydrogen (secondary N) is 2. The van der Waals surface area contributed by atoms with Crippen LogP contribution < -0.4 is 10.6 Å². The van der Waals surface area contributed by atoms with Crippen LogP contribution in [-0.4, -0.2) is 27.8 Å². The molecule has 2 rings (SSSR count). The van der Waals surface area contributed by atoms with Gasteiger partial charge in [-0.25, -0.2) is 9.97 Å². The average molecular weight is 255 g/mol. The topological polar surface area (TPSA) is 84.0 Å². The molecule has 0 aromatic carbocycles. The molecule has 1 aliphatic heterocycles. The fourth-order valence-corrected chi connectivity index (χ4v) is 1.84. The van der Waals surface area contributed by atoms with E-state index in [1.54, 1.807) is 6.92 Å². The van der Waals surface area contributed by atoms with Crippen molar-refractivity contribution in [3.05, 3.63) is 17.0 Å². The first-order valence-electron chi connectivity index (χ1n) is 5.16. The van der Waals surface area contributed by atoms with E-state index in [4.69, 9.17) is 11.6 Å². The minimum atomic E-state index is -0.460. The lowest BCUT2D eigenvalue weighted by atomic mass is 10.1. The summed E-state index contributed by atoms with van der Waals surface area (Å²) in [7, 11) is 0. The molecule has 17 heavy (non-hydrogen) atoms.